The summed E-state index contributed by atoms with van der Waals surface area (Å²) >= 11 is 5.71. The number of carbonyl (C=O) groups excluding carboxylic acids is 1. The molecule has 1 rings (SSSR count). The Kier molecular flexibility index (Phi) is 4.75. The molecular formula is C12H17ClN2O2. The van der Waals surface area contributed by atoms with E-state index >= 15 is 0 Å². The number of halogens is 1. The van der Waals surface area contributed by atoms with Crippen LogP contribution in [-0.4, -0.2) is 17.1 Å². The van der Waals surface area contributed by atoms with Crippen LogP contribution in [0, 0.1) is 5.92 Å². The number of carbonyl (C=O) groups is 1. The summed E-state index contributed by atoms with van der Waals surface area (Å²) in [6, 6.07) is 1.42. The summed E-state index contributed by atoms with van der Waals surface area (Å²) in [5, 5.41) is 0.225. The van der Waals surface area contributed by atoms with Gasteiger partial charge in [0.2, 0.25) is 0 Å². The minimum atomic E-state index is -0.458. The Morgan fingerprint density at radius 3 is 2.76 bits per heavy atom. The van der Waals surface area contributed by atoms with E-state index in [2.05, 4.69) is 18.8 Å². The molecule has 0 saturated carbocycles. The molecule has 2 N–H and O–H groups in total. The number of aromatic nitrogens is 1. The standard InChI is InChI=1S/C12H17ClN2O2/c1-7(2)4-8(3)17-12(16)9-5-11(13)15-6-10(9)14/h5-8H,4,14H2,1-3H3. The van der Waals surface area contributed by atoms with Crippen molar-refractivity contribution in [1.82, 2.24) is 4.98 Å². The van der Waals surface area contributed by atoms with Gasteiger partial charge in [-0.3, -0.25) is 0 Å². The molecule has 0 saturated heterocycles. The summed E-state index contributed by atoms with van der Waals surface area (Å²) in [6.07, 6.45) is 2.02. The van der Waals surface area contributed by atoms with Crippen LogP contribution >= 0.6 is 11.6 Å². The highest BCUT2D eigenvalue weighted by Crippen LogP contribution is 2.18. The Hall–Kier alpha value is -1.29. The molecule has 0 aliphatic heterocycles. The number of ether oxygens (including phenoxy) is 1. The molecule has 0 radical (unpaired) electrons. The van der Waals surface area contributed by atoms with E-state index in [1.54, 1.807) is 0 Å². The third-order valence-electron chi connectivity index (χ3n) is 2.23. The lowest BCUT2D eigenvalue weighted by Gasteiger charge is -2.15. The quantitative estimate of drug-likeness (QED) is 0.665. The highest BCUT2D eigenvalue weighted by Gasteiger charge is 2.16. The second kappa shape index (κ2) is 5.87. The molecule has 0 fully saturated rings. The van der Waals surface area contributed by atoms with Crippen LogP contribution in [0.2, 0.25) is 5.15 Å². The lowest BCUT2D eigenvalue weighted by molar-refractivity contribution is 0.0301. The highest BCUT2D eigenvalue weighted by molar-refractivity contribution is 6.29. The summed E-state index contributed by atoms with van der Waals surface area (Å²) in [5.74, 6) is 0.0103. The van der Waals surface area contributed by atoms with Crippen molar-refractivity contribution in [2.45, 2.75) is 33.3 Å². The predicted molar refractivity (Wildman–Crippen MR) is 68.0 cm³/mol. The molecule has 1 atom stereocenters. The van der Waals surface area contributed by atoms with Gasteiger partial charge < -0.3 is 10.5 Å². The lowest BCUT2D eigenvalue weighted by Crippen LogP contribution is -2.18. The first-order valence-electron chi connectivity index (χ1n) is 5.52. The van der Waals surface area contributed by atoms with Crippen LogP contribution in [0.5, 0.6) is 0 Å². The molecular weight excluding hydrogens is 240 g/mol. The smallest absolute Gasteiger partial charge is 0.340 e. The van der Waals surface area contributed by atoms with Crippen molar-refractivity contribution in [3.8, 4) is 0 Å². The highest BCUT2D eigenvalue weighted by atomic mass is 35.5. The van der Waals surface area contributed by atoms with E-state index in [-0.39, 0.29) is 22.5 Å². The van der Waals surface area contributed by atoms with Gasteiger partial charge in [-0.05, 0) is 25.3 Å². The normalized spacial score (nSPS) is 12.5. The van der Waals surface area contributed by atoms with Gasteiger partial charge in [0, 0.05) is 0 Å². The number of esters is 1. The van der Waals surface area contributed by atoms with E-state index in [4.69, 9.17) is 22.1 Å². The van der Waals surface area contributed by atoms with Gasteiger partial charge in [-0.15, -0.1) is 0 Å². The van der Waals surface area contributed by atoms with Gasteiger partial charge in [-0.25, -0.2) is 9.78 Å². The zero-order valence-corrected chi connectivity index (χ0v) is 11.0. The summed E-state index contributed by atoms with van der Waals surface area (Å²) in [5.41, 5.74) is 6.18. The Morgan fingerprint density at radius 2 is 2.18 bits per heavy atom. The Bertz CT molecular complexity index is 407. The molecule has 1 aromatic rings. The lowest BCUT2D eigenvalue weighted by atomic mass is 10.1. The topological polar surface area (TPSA) is 65.2 Å². The average Bonchev–Trinajstić information content (AvgIpc) is 2.20. The molecule has 5 heteroatoms. The minimum absolute atomic E-state index is 0.145. The number of hydrogen-bond donors (Lipinski definition) is 1. The van der Waals surface area contributed by atoms with E-state index in [0.717, 1.165) is 6.42 Å². The first-order valence-corrected chi connectivity index (χ1v) is 5.90. The summed E-state index contributed by atoms with van der Waals surface area (Å²) in [6.45, 7) is 6.00. The molecule has 0 amide bonds. The maximum atomic E-state index is 11.8. The molecule has 1 aromatic heterocycles. The molecule has 1 heterocycles. The minimum Gasteiger partial charge on any atom is -0.459 e. The van der Waals surface area contributed by atoms with Gasteiger partial charge in [0.15, 0.2) is 0 Å². The third kappa shape index (κ3) is 4.23. The molecule has 0 aliphatic rings. The van der Waals surface area contributed by atoms with Crippen molar-refractivity contribution in [2.75, 3.05) is 5.73 Å². The fourth-order valence-electron chi connectivity index (χ4n) is 1.58. The maximum absolute atomic E-state index is 11.8. The summed E-state index contributed by atoms with van der Waals surface area (Å²) in [7, 11) is 0. The first-order chi connectivity index (χ1) is 7.90. The summed E-state index contributed by atoms with van der Waals surface area (Å²) < 4.78 is 5.28. The van der Waals surface area contributed by atoms with Crippen LogP contribution in [0.1, 0.15) is 37.6 Å². The van der Waals surface area contributed by atoms with Crippen LogP contribution in [0.25, 0.3) is 0 Å². The number of hydrogen-bond acceptors (Lipinski definition) is 4. The van der Waals surface area contributed by atoms with Crippen molar-refractivity contribution in [1.29, 1.82) is 0 Å². The Labute approximate surface area is 106 Å². The van der Waals surface area contributed by atoms with E-state index in [1.165, 1.54) is 12.3 Å². The molecule has 0 aromatic carbocycles. The second-order valence-corrected chi connectivity index (χ2v) is 4.83. The van der Waals surface area contributed by atoms with Gasteiger partial charge in [0.05, 0.1) is 23.6 Å². The zero-order chi connectivity index (χ0) is 13.0. The monoisotopic (exact) mass is 256 g/mol. The number of rotatable bonds is 4. The number of pyridine rings is 1. The number of nitrogen functional groups attached to an aromatic ring is 1. The Balaban J connectivity index is 2.73. The van der Waals surface area contributed by atoms with Gasteiger partial charge >= 0.3 is 5.97 Å². The van der Waals surface area contributed by atoms with E-state index in [0.29, 0.717) is 5.92 Å². The van der Waals surface area contributed by atoms with Gasteiger partial charge in [-0.2, -0.15) is 0 Å². The number of nitrogens with zero attached hydrogens (tertiary/aromatic N) is 1. The molecule has 94 valence electrons. The van der Waals surface area contributed by atoms with Crippen molar-refractivity contribution in [2.24, 2.45) is 5.92 Å². The van der Waals surface area contributed by atoms with Crippen LogP contribution in [0.4, 0.5) is 5.69 Å². The van der Waals surface area contributed by atoms with Crippen molar-refractivity contribution >= 4 is 23.3 Å². The molecule has 17 heavy (non-hydrogen) atoms. The van der Waals surface area contributed by atoms with Gasteiger partial charge in [0.1, 0.15) is 5.15 Å². The molecule has 0 bridgehead atoms. The van der Waals surface area contributed by atoms with Crippen LogP contribution in [0.3, 0.4) is 0 Å². The van der Waals surface area contributed by atoms with E-state index in [1.807, 2.05) is 6.92 Å². The molecule has 0 spiro atoms. The van der Waals surface area contributed by atoms with Crippen LogP contribution < -0.4 is 5.73 Å². The molecule has 0 aliphatic carbocycles. The van der Waals surface area contributed by atoms with Crippen LogP contribution in [-0.2, 0) is 4.74 Å². The predicted octanol–water partition coefficient (Wildman–Crippen LogP) is 2.91. The molecule has 4 nitrogen and oxygen atoms in total. The SMILES string of the molecule is CC(C)CC(C)OC(=O)c1cc(Cl)ncc1N. The van der Waals surface area contributed by atoms with Crippen molar-refractivity contribution < 1.29 is 9.53 Å². The van der Waals surface area contributed by atoms with Gasteiger partial charge in [-0.1, -0.05) is 25.4 Å². The van der Waals surface area contributed by atoms with E-state index in [9.17, 15) is 4.79 Å². The fraction of sp³-hybridized carbons (Fsp3) is 0.500. The summed E-state index contributed by atoms with van der Waals surface area (Å²) in [4.78, 5) is 15.6. The number of anilines is 1. The first kappa shape index (κ1) is 13.8. The fourth-order valence-corrected chi connectivity index (χ4v) is 1.73. The largest absolute Gasteiger partial charge is 0.459 e. The molecule has 1 unspecified atom stereocenters. The maximum Gasteiger partial charge on any atom is 0.340 e. The third-order valence-corrected chi connectivity index (χ3v) is 2.44. The van der Waals surface area contributed by atoms with Crippen molar-refractivity contribution in [3.05, 3.63) is 23.0 Å². The second-order valence-electron chi connectivity index (χ2n) is 4.44. The zero-order valence-electron chi connectivity index (χ0n) is 10.2. The van der Waals surface area contributed by atoms with Crippen LogP contribution in [0.15, 0.2) is 12.3 Å². The van der Waals surface area contributed by atoms with E-state index < -0.39 is 5.97 Å². The average molecular weight is 257 g/mol. The number of nitrogens with two attached hydrogens (primary N) is 1. The van der Waals surface area contributed by atoms with Gasteiger partial charge in [0.25, 0.3) is 0 Å². The van der Waals surface area contributed by atoms with Crippen molar-refractivity contribution in [3.63, 3.8) is 0 Å². The Morgan fingerprint density at radius 1 is 1.53 bits per heavy atom.